The Morgan fingerprint density at radius 3 is 2.86 bits per heavy atom. The van der Waals surface area contributed by atoms with Gasteiger partial charge in [0.2, 0.25) is 0 Å². The molecule has 1 aliphatic heterocycles. The highest BCUT2D eigenvalue weighted by atomic mass is 16.6. The topological polar surface area (TPSA) is 88.5 Å². The van der Waals surface area contributed by atoms with E-state index in [0.717, 1.165) is 36.8 Å². The maximum Gasteiger partial charge on any atom is 0.407 e. The zero-order valence-corrected chi connectivity index (χ0v) is 17.5. The number of piperidine rings is 1. The second kappa shape index (κ2) is 9.15. The molecule has 29 heavy (non-hydrogen) atoms. The molecule has 0 bridgehead atoms. The highest BCUT2D eigenvalue weighted by Crippen LogP contribution is 2.13. The van der Waals surface area contributed by atoms with E-state index in [0.29, 0.717) is 19.6 Å². The number of aromatic nitrogens is 2. The standard InChI is InChI=1S/C21H31N5O3/c1-21(2,3)29-20(28)24-16-8-6-12-25(14-16)19(27)22-11-7-13-26-15-23-17-9-4-5-10-18(17)26/h4-5,9-10,15-16H,6-8,11-14H2,1-3H3,(H,22,27)(H,24,28). The van der Waals surface area contributed by atoms with E-state index in [4.69, 9.17) is 4.74 Å². The third-order valence-electron chi connectivity index (χ3n) is 4.81. The first-order valence-corrected chi connectivity index (χ1v) is 10.2. The monoisotopic (exact) mass is 401 g/mol. The first-order valence-electron chi connectivity index (χ1n) is 10.2. The van der Waals surface area contributed by atoms with Crippen LogP contribution < -0.4 is 10.6 Å². The van der Waals surface area contributed by atoms with Crippen molar-refractivity contribution >= 4 is 23.2 Å². The molecule has 2 heterocycles. The van der Waals surface area contributed by atoms with Crippen LogP contribution in [0, 0.1) is 0 Å². The average molecular weight is 402 g/mol. The summed E-state index contributed by atoms with van der Waals surface area (Å²) in [7, 11) is 0. The predicted molar refractivity (Wildman–Crippen MR) is 112 cm³/mol. The fourth-order valence-electron chi connectivity index (χ4n) is 3.50. The minimum Gasteiger partial charge on any atom is -0.444 e. The van der Waals surface area contributed by atoms with Gasteiger partial charge in [-0.3, -0.25) is 0 Å². The van der Waals surface area contributed by atoms with Crippen LogP contribution in [0.5, 0.6) is 0 Å². The number of carbonyl (C=O) groups is 2. The number of rotatable bonds is 5. The number of urea groups is 1. The summed E-state index contributed by atoms with van der Waals surface area (Å²) in [5.41, 5.74) is 1.55. The molecule has 0 saturated carbocycles. The molecule has 8 heteroatoms. The molecule has 3 rings (SSSR count). The minimum atomic E-state index is -0.531. The Morgan fingerprint density at radius 1 is 1.28 bits per heavy atom. The van der Waals surface area contributed by atoms with Gasteiger partial charge in [-0.2, -0.15) is 0 Å². The number of amides is 3. The fourth-order valence-corrected chi connectivity index (χ4v) is 3.50. The van der Waals surface area contributed by atoms with Crippen LogP contribution in [0.1, 0.15) is 40.0 Å². The summed E-state index contributed by atoms with van der Waals surface area (Å²) in [5.74, 6) is 0. The molecule has 3 amide bonds. The number of nitrogens with one attached hydrogen (secondary N) is 2. The predicted octanol–water partition coefficient (Wildman–Crippen LogP) is 3.13. The lowest BCUT2D eigenvalue weighted by Gasteiger charge is -2.33. The molecule has 1 unspecified atom stereocenters. The van der Waals surface area contributed by atoms with Gasteiger partial charge in [-0.15, -0.1) is 0 Å². The summed E-state index contributed by atoms with van der Waals surface area (Å²) < 4.78 is 7.41. The van der Waals surface area contributed by atoms with Gasteiger partial charge in [-0.1, -0.05) is 12.1 Å². The van der Waals surface area contributed by atoms with Crippen molar-refractivity contribution in [2.75, 3.05) is 19.6 Å². The first-order chi connectivity index (χ1) is 13.8. The zero-order chi connectivity index (χ0) is 20.9. The van der Waals surface area contributed by atoms with Crippen molar-refractivity contribution in [3.63, 3.8) is 0 Å². The molecule has 158 valence electrons. The summed E-state index contributed by atoms with van der Waals surface area (Å²) in [6.07, 6.45) is 3.92. The number of para-hydroxylation sites is 2. The van der Waals surface area contributed by atoms with Gasteiger partial charge < -0.3 is 24.8 Å². The lowest BCUT2D eigenvalue weighted by Crippen LogP contribution is -2.53. The van der Waals surface area contributed by atoms with E-state index in [2.05, 4.69) is 20.2 Å². The number of nitrogens with zero attached hydrogens (tertiary/aromatic N) is 3. The Bertz CT molecular complexity index is 842. The number of fused-ring (bicyclic) bond motifs is 1. The van der Waals surface area contributed by atoms with Crippen LogP contribution in [-0.2, 0) is 11.3 Å². The summed E-state index contributed by atoms with van der Waals surface area (Å²) >= 11 is 0. The van der Waals surface area contributed by atoms with Crippen LogP contribution in [-0.4, -0.2) is 57.9 Å². The van der Waals surface area contributed by atoms with E-state index < -0.39 is 11.7 Å². The molecule has 8 nitrogen and oxygen atoms in total. The van der Waals surface area contributed by atoms with Gasteiger partial charge in [0.25, 0.3) is 0 Å². The fraction of sp³-hybridized carbons (Fsp3) is 0.571. The molecule has 0 spiro atoms. The Morgan fingerprint density at radius 2 is 2.07 bits per heavy atom. The zero-order valence-electron chi connectivity index (χ0n) is 17.5. The second-order valence-corrected chi connectivity index (χ2v) is 8.44. The van der Waals surface area contributed by atoms with Crippen LogP contribution in [0.15, 0.2) is 30.6 Å². The van der Waals surface area contributed by atoms with Crippen molar-refractivity contribution in [1.82, 2.24) is 25.1 Å². The number of benzene rings is 1. The molecule has 0 radical (unpaired) electrons. The smallest absolute Gasteiger partial charge is 0.407 e. The van der Waals surface area contributed by atoms with Gasteiger partial charge in [0.05, 0.1) is 17.4 Å². The highest BCUT2D eigenvalue weighted by molar-refractivity contribution is 5.75. The molecular weight excluding hydrogens is 370 g/mol. The van der Waals surface area contributed by atoms with Crippen LogP contribution in [0.4, 0.5) is 9.59 Å². The lowest BCUT2D eigenvalue weighted by atomic mass is 10.1. The third kappa shape index (κ3) is 6.10. The molecular formula is C21H31N5O3. The summed E-state index contributed by atoms with van der Waals surface area (Å²) in [4.78, 5) is 30.6. The van der Waals surface area contributed by atoms with E-state index in [9.17, 15) is 9.59 Å². The Balaban J connectivity index is 1.40. The largest absolute Gasteiger partial charge is 0.444 e. The number of aryl methyl sites for hydroxylation is 1. The second-order valence-electron chi connectivity index (χ2n) is 8.44. The summed E-state index contributed by atoms with van der Waals surface area (Å²) in [5, 5.41) is 5.85. The van der Waals surface area contributed by atoms with Gasteiger partial charge in [-0.05, 0) is 52.2 Å². The molecule has 1 aromatic heterocycles. The van der Waals surface area contributed by atoms with Crippen molar-refractivity contribution < 1.29 is 14.3 Å². The Labute approximate surface area is 171 Å². The number of hydrogen-bond donors (Lipinski definition) is 2. The van der Waals surface area contributed by atoms with Crippen LogP contribution in [0.3, 0.4) is 0 Å². The van der Waals surface area contributed by atoms with E-state index in [-0.39, 0.29) is 12.1 Å². The normalized spacial score (nSPS) is 17.2. The Kier molecular flexibility index (Phi) is 6.61. The summed E-state index contributed by atoms with van der Waals surface area (Å²) in [6, 6.07) is 7.85. The van der Waals surface area contributed by atoms with Crippen molar-refractivity contribution in [1.29, 1.82) is 0 Å². The molecule has 1 aromatic carbocycles. The van der Waals surface area contributed by atoms with Crippen molar-refractivity contribution in [3.05, 3.63) is 30.6 Å². The SMILES string of the molecule is CC(C)(C)OC(=O)NC1CCCN(C(=O)NCCCn2cnc3ccccc32)C1. The van der Waals surface area contributed by atoms with Gasteiger partial charge in [-0.25, -0.2) is 14.6 Å². The molecule has 1 atom stereocenters. The van der Waals surface area contributed by atoms with E-state index in [1.54, 1.807) is 4.90 Å². The molecule has 1 aliphatic rings. The van der Waals surface area contributed by atoms with Gasteiger partial charge in [0, 0.05) is 32.2 Å². The van der Waals surface area contributed by atoms with E-state index in [1.807, 2.05) is 51.4 Å². The van der Waals surface area contributed by atoms with Gasteiger partial charge >= 0.3 is 12.1 Å². The van der Waals surface area contributed by atoms with Gasteiger partial charge in [0.15, 0.2) is 0 Å². The van der Waals surface area contributed by atoms with Crippen LogP contribution in [0.25, 0.3) is 11.0 Å². The van der Waals surface area contributed by atoms with Crippen molar-refractivity contribution in [3.8, 4) is 0 Å². The van der Waals surface area contributed by atoms with E-state index in [1.165, 1.54) is 0 Å². The Hall–Kier alpha value is -2.77. The molecule has 1 saturated heterocycles. The average Bonchev–Trinajstić information content (AvgIpc) is 3.07. The van der Waals surface area contributed by atoms with Crippen molar-refractivity contribution in [2.24, 2.45) is 0 Å². The number of imidazole rings is 1. The quantitative estimate of drug-likeness (QED) is 0.754. The van der Waals surface area contributed by atoms with Crippen molar-refractivity contribution in [2.45, 2.75) is 58.2 Å². The highest BCUT2D eigenvalue weighted by Gasteiger charge is 2.26. The molecule has 2 N–H and O–H groups in total. The van der Waals surface area contributed by atoms with Crippen LogP contribution >= 0.6 is 0 Å². The third-order valence-corrected chi connectivity index (χ3v) is 4.81. The van der Waals surface area contributed by atoms with Gasteiger partial charge in [0.1, 0.15) is 5.60 Å². The number of likely N-dealkylation sites (tertiary alicyclic amines) is 1. The maximum absolute atomic E-state index is 12.5. The summed E-state index contributed by atoms with van der Waals surface area (Å²) in [6.45, 7) is 8.08. The van der Waals surface area contributed by atoms with Crippen LogP contribution in [0.2, 0.25) is 0 Å². The number of ether oxygens (including phenoxy) is 1. The van der Waals surface area contributed by atoms with E-state index >= 15 is 0 Å². The number of carbonyl (C=O) groups excluding carboxylic acids is 2. The molecule has 2 aromatic rings. The number of hydrogen-bond acceptors (Lipinski definition) is 4. The minimum absolute atomic E-state index is 0.0818. The molecule has 1 fully saturated rings. The first kappa shape index (κ1) is 21.0. The number of alkyl carbamates (subject to hydrolysis) is 1. The molecule has 0 aliphatic carbocycles. The lowest BCUT2D eigenvalue weighted by molar-refractivity contribution is 0.0479. The maximum atomic E-state index is 12.5.